The van der Waals surface area contributed by atoms with Crippen LogP contribution in [-0.4, -0.2) is 10.1 Å². The van der Waals surface area contributed by atoms with Crippen LogP contribution < -0.4 is 0 Å². The number of pyridine rings is 1. The molecule has 0 saturated heterocycles. The van der Waals surface area contributed by atoms with Gasteiger partial charge in [-0.1, -0.05) is 24.3 Å². The Balaban J connectivity index is 2.18. The number of halogens is 3. The standard InChI is InChI=1S/C15H14F3NO/c1-10-5-12(9-19-8-10)14(20)7-11-3-2-4-13(6-11)15(16,17)18/h2-6,8-9,14,20H,7H2,1H3. The second-order valence-corrected chi connectivity index (χ2v) is 4.71. The Labute approximate surface area is 114 Å². The number of aliphatic hydroxyl groups excluding tert-OH is 1. The third kappa shape index (κ3) is 3.57. The highest BCUT2D eigenvalue weighted by Crippen LogP contribution is 2.30. The molecule has 2 nitrogen and oxygen atoms in total. The normalized spacial score (nSPS) is 13.2. The van der Waals surface area contributed by atoms with Gasteiger partial charge in [-0.25, -0.2) is 0 Å². The molecule has 0 amide bonds. The second kappa shape index (κ2) is 5.63. The van der Waals surface area contributed by atoms with Crippen molar-refractivity contribution in [2.24, 2.45) is 0 Å². The first-order chi connectivity index (χ1) is 9.36. The molecule has 1 aromatic heterocycles. The Morgan fingerprint density at radius 1 is 1.20 bits per heavy atom. The first-order valence-corrected chi connectivity index (χ1v) is 6.12. The van der Waals surface area contributed by atoms with E-state index in [1.807, 2.05) is 6.92 Å². The Bertz CT molecular complexity index is 596. The molecular formula is C15H14F3NO. The van der Waals surface area contributed by atoms with Gasteiger partial charge in [0, 0.05) is 18.8 Å². The number of rotatable bonds is 3. The molecule has 0 aliphatic rings. The lowest BCUT2D eigenvalue weighted by molar-refractivity contribution is -0.137. The van der Waals surface area contributed by atoms with Crippen molar-refractivity contribution in [2.45, 2.75) is 25.6 Å². The Morgan fingerprint density at radius 2 is 1.95 bits per heavy atom. The number of benzene rings is 1. The van der Waals surface area contributed by atoms with Gasteiger partial charge in [-0.15, -0.1) is 0 Å². The number of aliphatic hydroxyl groups is 1. The highest BCUT2D eigenvalue weighted by Gasteiger charge is 2.30. The quantitative estimate of drug-likeness (QED) is 0.930. The highest BCUT2D eigenvalue weighted by molar-refractivity contribution is 5.28. The number of hydrogen-bond donors (Lipinski definition) is 1. The maximum absolute atomic E-state index is 12.6. The summed E-state index contributed by atoms with van der Waals surface area (Å²) in [5.74, 6) is 0. The Hall–Kier alpha value is -1.88. The van der Waals surface area contributed by atoms with E-state index in [1.165, 1.54) is 12.3 Å². The van der Waals surface area contributed by atoms with E-state index in [-0.39, 0.29) is 6.42 Å². The molecule has 5 heteroatoms. The predicted molar refractivity (Wildman–Crippen MR) is 69.1 cm³/mol. The minimum Gasteiger partial charge on any atom is -0.388 e. The maximum Gasteiger partial charge on any atom is 0.416 e. The third-order valence-electron chi connectivity index (χ3n) is 2.96. The van der Waals surface area contributed by atoms with Crippen molar-refractivity contribution in [3.8, 4) is 0 Å². The summed E-state index contributed by atoms with van der Waals surface area (Å²) in [4.78, 5) is 3.96. The first kappa shape index (κ1) is 14.5. The van der Waals surface area contributed by atoms with Crippen LogP contribution in [0, 0.1) is 6.92 Å². The molecule has 0 saturated carbocycles. The lowest BCUT2D eigenvalue weighted by atomic mass is 10.0. The fourth-order valence-corrected chi connectivity index (χ4v) is 1.98. The Morgan fingerprint density at radius 3 is 2.60 bits per heavy atom. The second-order valence-electron chi connectivity index (χ2n) is 4.71. The van der Waals surface area contributed by atoms with Gasteiger partial charge in [-0.2, -0.15) is 13.2 Å². The van der Waals surface area contributed by atoms with Crippen molar-refractivity contribution in [1.29, 1.82) is 0 Å². The fraction of sp³-hybridized carbons (Fsp3) is 0.267. The topological polar surface area (TPSA) is 33.1 Å². The SMILES string of the molecule is Cc1cncc(C(O)Cc2cccc(C(F)(F)F)c2)c1. The van der Waals surface area contributed by atoms with Gasteiger partial charge in [0.15, 0.2) is 0 Å². The third-order valence-corrected chi connectivity index (χ3v) is 2.96. The molecular weight excluding hydrogens is 267 g/mol. The molecule has 2 aromatic rings. The summed E-state index contributed by atoms with van der Waals surface area (Å²) in [6, 6.07) is 6.77. The summed E-state index contributed by atoms with van der Waals surface area (Å²) < 4.78 is 37.8. The monoisotopic (exact) mass is 281 g/mol. The molecule has 0 bridgehead atoms. The largest absolute Gasteiger partial charge is 0.416 e. The Kier molecular flexibility index (Phi) is 4.09. The molecule has 0 radical (unpaired) electrons. The van der Waals surface area contributed by atoms with Crippen LogP contribution in [0.15, 0.2) is 42.7 Å². The molecule has 0 fully saturated rings. The number of hydrogen-bond acceptors (Lipinski definition) is 2. The number of nitrogens with zero attached hydrogens (tertiary/aromatic N) is 1. The molecule has 0 spiro atoms. The number of aryl methyl sites for hydroxylation is 1. The summed E-state index contributed by atoms with van der Waals surface area (Å²) in [6.07, 6.45) is -1.95. The smallest absolute Gasteiger partial charge is 0.388 e. The molecule has 20 heavy (non-hydrogen) atoms. The van der Waals surface area contributed by atoms with E-state index in [9.17, 15) is 18.3 Å². The minimum absolute atomic E-state index is 0.120. The molecule has 1 aromatic carbocycles. The summed E-state index contributed by atoms with van der Waals surface area (Å²) in [7, 11) is 0. The summed E-state index contributed by atoms with van der Waals surface area (Å²) in [5.41, 5.74) is 1.23. The lowest BCUT2D eigenvalue weighted by Crippen LogP contribution is -2.07. The number of aromatic nitrogens is 1. The van der Waals surface area contributed by atoms with Gasteiger partial charge >= 0.3 is 6.18 Å². The maximum atomic E-state index is 12.6. The highest BCUT2D eigenvalue weighted by atomic mass is 19.4. The van der Waals surface area contributed by atoms with E-state index in [4.69, 9.17) is 0 Å². The van der Waals surface area contributed by atoms with Crippen LogP contribution in [0.2, 0.25) is 0 Å². The average Bonchev–Trinajstić information content (AvgIpc) is 2.38. The van der Waals surface area contributed by atoms with Crippen LogP contribution in [0.5, 0.6) is 0 Å². The molecule has 0 aliphatic carbocycles. The molecule has 106 valence electrons. The first-order valence-electron chi connectivity index (χ1n) is 6.12. The zero-order chi connectivity index (χ0) is 14.8. The summed E-state index contributed by atoms with van der Waals surface area (Å²) >= 11 is 0. The van der Waals surface area contributed by atoms with Crippen molar-refractivity contribution in [3.63, 3.8) is 0 Å². The molecule has 1 unspecified atom stereocenters. The van der Waals surface area contributed by atoms with E-state index >= 15 is 0 Å². The van der Waals surface area contributed by atoms with E-state index in [2.05, 4.69) is 4.98 Å². The van der Waals surface area contributed by atoms with E-state index in [0.29, 0.717) is 11.1 Å². The van der Waals surface area contributed by atoms with Gasteiger partial charge < -0.3 is 5.11 Å². The molecule has 1 heterocycles. The van der Waals surface area contributed by atoms with E-state index in [0.717, 1.165) is 17.7 Å². The van der Waals surface area contributed by atoms with Gasteiger partial charge in [-0.3, -0.25) is 4.98 Å². The van der Waals surface area contributed by atoms with Crippen molar-refractivity contribution in [1.82, 2.24) is 4.98 Å². The van der Waals surface area contributed by atoms with Gasteiger partial charge in [0.25, 0.3) is 0 Å². The van der Waals surface area contributed by atoms with Crippen molar-refractivity contribution >= 4 is 0 Å². The van der Waals surface area contributed by atoms with Gasteiger partial charge in [-0.05, 0) is 29.7 Å². The van der Waals surface area contributed by atoms with E-state index in [1.54, 1.807) is 18.3 Å². The molecule has 2 rings (SSSR count). The average molecular weight is 281 g/mol. The van der Waals surface area contributed by atoms with Crippen LogP contribution in [0.3, 0.4) is 0 Å². The lowest BCUT2D eigenvalue weighted by Gasteiger charge is -2.13. The minimum atomic E-state index is -4.37. The summed E-state index contributed by atoms with van der Waals surface area (Å²) in [5, 5.41) is 10.1. The molecule has 1 N–H and O–H groups in total. The van der Waals surface area contributed by atoms with E-state index < -0.39 is 17.8 Å². The summed E-state index contributed by atoms with van der Waals surface area (Å²) in [6.45, 7) is 1.84. The van der Waals surface area contributed by atoms with Crippen molar-refractivity contribution < 1.29 is 18.3 Å². The van der Waals surface area contributed by atoms with Gasteiger partial charge in [0.05, 0.1) is 11.7 Å². The zero-order valence-electron chi connectivity index (χ0n) is 10.9. The van der Waals surface area contributed by atoms with Crippen LogP contribution >= 0.6 is 0 Å². The van der Waals surface area contributed by atoms with Crippen LogP contribution in [0.4, 0.5) is 13.2 Å². The zero-order valence-corrected chi connectivity index (χ0v) is 10.9. The molecule has 1 atom stereocenters. The van der Waals surface area contributed by atoms with Crippen molar-refractivity contribution in [3.05, 3.63) is 65.0 Å². The van der Waals surface area contributed by atoms with Gasteiger partial charge in [0.2, 0.25) is 0 Å². The molecule has 0 aliphatic heterocycles. The fourth-order valence-electron chi connectivity index (χ4n) is 1.98. The predicted octanol–water partition coefficient (Wildman–Crippen LogP) is 3.68. The van der Waals surface area contributed by atoms with Crippen molar-refractivity contribution in [2.75, 3.05) is 0 Å². The van der Waals surface area contributed by atoms with Crippen LogP contribution in [0.1, 0.15) is 28.4 Å². The van der Waals surface area contributed by atoms with Crippen LogP contribution in [0.25, 0.3) is 0 Å². The van der Waals surface area contributed by atoms with Crippen LogP contribution in [-0.2, 0) is 12.6 Å². The van der Waals surface area contributed by atoms with Gasteiger partial charge in [0.1, 0.15) is 0 Å². The number of alkyl halides is 3.